The van der Waals surface area contributed by atoms with Crippen LogP contribution in [-0.4, -0.2) is 11.8 Å². The van der Waals surface area contributed by atoms with Crippen LogP contribution in [0.3, 0.4) is 0 Å². The summed E-state index contributed by atoms with van der Waals surface area (Å²) in [5.74, 6) is -0.383. The molecule has 66 valence electrons. The highest BCUT2D eigenvalue weighted by molar-refractivity contribution is 6.06. The second-order valence-electron chi connectivity index (χ2n) is 2.37. The van der Waals surface area contributed by atoms with E-state index in [9.17, 15) is 14.0 Å². The van der Waals surface area contributed by atoms with Gasteiger partial charge in [0.2, 0.25) is 0 Å². The van der Waals surface area contributed by atoms with E-state index in [2.05, 4.69) is 0 Å². The van der Waals surface area contributed by atoms with Crippen LogP contribution in [-0.2, 0) is 4.79 Å². The molecule has 0 heterocycles. The van der Waals surface area contributed by atoms with Crippen molar-refractivity contribution in [3.63, 3.8) is 0 Å². The quantitative estimate of drug-likeness (QED) is 0.402. The highest BCUT2D eigenvalue weighted by Gasteiger charge is 1.99. The third-order valence-electron chi connectivity index (χ3n) is 1.42. The van der Waals surface area contributed by atoms with Crippen molar-refractivity contribution < 1.29 is 14.0 Å². The van der Waals surface area contributed by atoms with Crippen LogP contribution in [0.1, 0.15) is 10.4 Å². The molecular weight excluding hydrogens is 171 g/mol. The number of ketones is 1. The van der Waals surface area contributed by atoms with Gasteiger partial charge in [-0.3, -0.25) is 9.59 Å². The van der Waals surface area contributed by atoms with Gasteiger partial charge in [-0.2, -0.15) is 4.39 Å². The van der Waals surface area contributed by atoms with Gasteiger partial charge in [-0.15, -0.1) is 0 Å². The van der Waals surface area contributed by atoms with Gasteiger partial charge in [0.15, 0.2) is 5.78 Å². The maximum Gasteiger partial charge on any atom is 0.325 e. The van der Waals surface area contributed by atoms with E-state index in [1.807, 2.05) is 0 Å². The normalized spacial score (nSPS) is 10.2. The molecule has 0 radical (unpaired) electrons. The minimum absolute atomic E-state index is 0.383. The summed E-state index contributed by atoms with van der Waals surface area (Å²) >= 11 is 0. The lowest BCUT2D eigenvalue weighted by Gasteiger charge is -1.91. The van der Waals surface area contributed by atoms with Crippen LogP contribution in [0.15, 0.2) is 42.5 Å². The Morgan fingerprint density at radius 1 is 1.08 bits per heavy atom. The molecule has 1 rings (SSSR count). The molecule has 2 nitrogen and oxygen atoms in total. The molecule has 0 unspecified atom stereocenters. The highest BCUT2D eigenvalue weighted by atomic mass is 19.1. The monoisotopic (exact) mass is 178 g/mol. The van der Waals surface area contributed by atoms with Crippen LogP contribution in [0.2, 0.25) is 0 Å². The Bertz CT molecular complexity index is 341. The minimum Gasteiger partial charge on any atom is -0.289 e. The maximum atomic E-state index is 11.7. The Morgan fingerprint density at radius 3 is 2.23 bits per heavy atom. The average Bonchev–Trinajstić information content (AvgIpc) is 2.15. The van der Waals surface area contributed by atoms with Gasteiger partial charge < -0.3 is 0 Å². The van der Waals surface area contributed by atoms with Crippen molar-refractivity contribution in [3.8, 4) is 0 Å². The smallest absolute Gasteiger partial charge is 0.289 e. The molecule has 13 heavy (non-hydrogen) atoms. The second-order valence-corrected chi connectivity index (χ2v) is 2.37. The second kappa shape index (κ2) is 4.30. The van der Waals surface area contributed by atoms with Crippen molar-refractivity contribution >= 4 is 11.8 Å². The van der Waals surface area contributed by atoms with E-state index in [1.165, 1.54) is 0 Å². The lowest BCUT2D eigenvalue weighted by molar-refractivity contribution is -0.124. The van der Waals surface area contributed by atoms with Gasteiger partial charge in [0.25, 0.3) is 0 Å². The summed E-state index contributed by atoms with van der Waals surface area (Å²) in [6.07, 6.45) is 1.52. The van der Waals surface area contributed by atoms with E-state index in [1.54, 1.807) is 30.3 Å². The summed E-state index contributed by atoms with van der Waals surface area (Å²) in [5, 5.41) is 0. The lowest BCUT2D eigenvalue weighted by Crippen LogP contribution is -1.94. The van der Waals surface area contributed by atoms with Crippen LogP contribution >= 0.6 is 0 Å². The summed E-state index contributed by atoms with van der Waals surface area (Å²) in [4.78, 5) is 21.0. The standard InChI is InChI=1S/C10H7FO2/c11-10(13)7-6-9(12)8-4-2-1-3-5-8/h1-7H/b7-6-. The van der Waals surface area contributed by atoms with E-state index >= 15 is 0 Å². The number of hydrogen-bond acceptors (Lipinski definition) is 2. The molecule has 0 N–H and O–H groups in total. The maximum absolute atomic E-state index is 11.7. The molecule has 0 spiro atoms. The largest absolute Gasteiger partial charge is 0.325 e. The Kier molecular flexibility index (Phi) is 3.09. The number of hydrogen-bond donors (Lipinski definition) is 0. The van der Waals surface area contributed by atoms with Crippen LogP contribution < -0.4 is 0 Å². The molecule has 0 aliphatic carbocycles. The zero-order valence-electron chi connectivity index (χ0n) is 6.74. The fraction of sp³-hybridized carbons (Fsp3) is 0. The summed E-state index contributed by atoms with van der Waals surface area (Å²) in [6, 6.07) is 6.71. The summed E-state index contributed by atoms with van der Waals surface area (Å²) < 4.78 is 11.7. The minimum atomic E-state index is -1.62. The van der Waals surface area contributed by atoms with Crippen molar-refractivity contribution in [3.05, 3.63) is 48.0 Å². The number of halogens is 1. The van der Waals surface area contributed by atoms with Gasteiger partial charge in [0, 0.05) is 11.6 Å². The van der Waals surface area contributed by atoms with E-state index in [-0.39, 0.29) is 5.78 Å². The average molecular weight is 178 g/mol. The lowest BCUT2D eigenvalue weighted by atomic mass is 10.1. The molecule has 0 atom stereocenters. The Labute approximate surface area is 74.7 Å². The summed E-state index contributed by atoms with van der Waals surface area (Å²) in [5.41, 5.74) is 0.431. The van der Waals surface area contributed by atoms with Gasteiger partial charge in [0.05, 0.1) is 0 Å². The fourth-order valence-electron chi connectivity index (χ4n) is 0.840. The van der Waals surface area contributed by atoms with Crippen molar-refractivity contribution in [2.45, 2.75) is 0 Å². The number of carbonyl (C=O) groups is 2. The first-order chi connectivity index (χ1) is 6.20. The molecule has 0 saturated carbocycles. The molecule has 0 aliphatic rings. The molecule has 0 fully saturated rings. The van der Waals surface area contributed by atoms with E-state index in [4.69, 9.17) is 0 Å². The number of allylic oxidation sites excluding steroid dienone is 2. The van der Waals surface area contributed by atoms with E-state index in [0.29, 0.717) is 11.6 Å². The van der Waals surface area contributed by atoms with Crippen molar-refractivity contribution in [2.24, 2.45) is 0 Å². The van der Waals surface area contributed by atoms with Crippen LogP contribution in [0.25, 0.3) is 0 Å². The third-order valence-corrected chi connectivity index (χ3v) is 1.42. The first-order valence-electron chi connectivity index (χ1n) is 3.67. The van der Waals surface area contributed by atoms with Crippen LogP contribution in [0.4, 0.5) is 4.39 Å². The van der Waals surface area contributed by atoms with Crippen molar-refractivity contribution in [1.82, 2.24) is 0 Å². The molecule has 0 amide bonds. The number of carbonyl (C=O) groups excluding carboxylic acids is 2. The molecule has 0 saturated heterocycles. The zero-order valence-corrected chi connectivity index (χ0v) is 6.74. The van der Waals surface area contributed by atoms with Gasteiger partial charge >= 0.3 is 6.04 Å². The first kappa shape index (κ1) is 9.32. The van der Waals surface area contributed by atoms with E-state index < -0.39 is 6.04 Å². The molecule has 0 aromatic heterocycles. The van der Waals surface area contributed by atoms with E-state index in [0.717, 1.165) is 6.08 Å². The van der Waals surface area contributed by atoms with Gasteiger partial charge in [-0.05, 0) is 6.08 Å². The molecule has 1 aromatic carbocycles. The van der Waals surface area contributed by atoms with Gasteiger partial charge in [-0.1, -0.05) is 30.3 Å². The predicted molar refractivity (Wildman–Crippen MR) is 46.0 cm³/mol. The summed E-state index contributed by atoms with van der Waals surface area (Å²) in [6.45, 7) is 0. The van der Waals surface area contributed by atoms with Crippen molar-refractivity contribution in [1.29, 1.82) is 0 Å². The molecule has 1 aromatic rings. The predicted octanol–water partition coefficient (Wildman–Crippen LogP) is 1.92. The SMILES string of the molecule is O=C(F)/C=C\C(=O)c1ccccc1. The fourth-order valence-corrected chi connectivity index (χ4v) is 0.840. The van der Waals surface area contributed by atoms with Gasteiger partial charge in [0.1, 0.15) is 0 Å². The highest BCUT2D eigenvalue weighted by Crippen LogP contribution is 2.00. The summed E-state index contributed by atoms with van der Waals surface area (Å²) in [7, 11) is 0. The number of benzene rings is 1. The zero-order chi connectivity index (χ0) is 9.68. The van der Waals surface area contributed by atoms with Crippen LogP contribution in [0, 0.1) is 0 Å². The van der Waals surface area contributed by atoms with Crippen molar-refractivity contribution in [2.75, 3.05) is 0 Å². The van der Waals surface area contributed by atoms with Crippen LogP contribution in [0.5, 0.6) is 0 Å². The Hall–Kier alpha value is -1.77. The number of rotatable bonds is 3. The third kappa shape index (κ3) is 2.99. The molecule has 3 heteroatoms. The molecule has 0 bridgehead atoms. The topological polar surface area (TPSA) is 34.1 Å². The van der Waals surface area contributed by atoms with Gasteiger partial charge in [-0.25, -0.2) is 0 Å². The Morgan fingerprint density at radius 2 is 1.69 bits per heavy atom. The molecule has 0 aliphatic heterocycles. The first-order valence-corrected chi connectivity index (χ1v) is 3.67. The Balaban J connectivity index is 2.76. The molecular formula is C10H7FO2.